The maximum atomic E-state index is 12.7. The van der Waals surface area contributed by atoms with Gasteiger partial charge in [0.25, 0.3) is 0 Å². The third-order valence-corrected chi connectivity index (χ3v) is 4.63. The second-order valence-electron chi connectivity index (χ2n) is 5.25. The molecule has 0 fully saturated rings. The van der Waals surface area contributed by atoms with Gasteiger partial charge in [0, 0.05) is 4.47 Å². The van der Waals surface area contributed by atoms with Crippen LogP contribution in [0.4, 0.5) is 0 Å². The molecule has 0 saturated carbocycles. The van der Waals surface area contributed by atoms with Crippen molar-refractivity contribution in [3.63, 3.8) is 0 Å². The largest absolute Gasteiger partial charge is 0.461 e. The molecule has 0 N–H and O–H groups in total. The van der Waals surface area contributed by atoms with E-state index in [-0.39, 0.29) is 12.3 Å². The van der Waals surface area contributed by atoms with Gasteiger partial charge in [-0.1, -0.05) is 17.7 Å². The molecule has 0 aliphatic heterocycles. The molecule has 128 valence electrons. The summed E-state index contributed by atoms with van der Waals surface area (Å²) in [6.45, 7) is 3.63. The number of aryl methyl sites for hydroxylation is 1. The number of aromatic nitrogens is 3. The van der Waals surface area contributed by atoms with Crippen molar-refractivity contribution in [1.29, 1.82) is 0 Å². The highest BCUT2D eigenvalue weighted by Crippen LogP contribution is 2.24. The van der Waals surface area contributed by atoms with Gasteiger partial charge in [0.2, 0.25) is 11.1 Å². The van der Waals surface area contributed by atoms with Gasteiger partial charge in [-0.25, -0.2) is 14.5 Å². The molecule has 1 aromatic carbocycles. The third kappa shape index (κ3) is 3.17. The minimum atomic E-state index is -0.766. The normalized spacial score (nSPS) is 10.9. The number of hydrogen-bond acceptors (Lipinski definition) is 5. The van der Waals surface area contributed by atoms with E-state index in [4.69, 9.17) is 16.3 Å². The smallest absolute Gasteiger partial charge is 0.362 e. The van der Waals surface area contributed by atoms with Crippen LogP contribution in [0.25, 0.3) is 16.6 Å². The lowest BCUT2D eigenvalue weighted by atomic mass is 10.2. The first-order valence-electron chi connectivity index (χ1n) is 7.45. The molecule has 3 rings (SSSR count). The van der Waals surface area contributed by atoms with Crippen LogP contribution in [0.5, 0.6) is 0 Å². The van der Waals surface area contributed by atoms with Crippen LogP contribution >= 0.6 is 27.5 Å². The Kier molecular flexibility index (Phi) is 4.87. The van der Waals surface area contributed by atoms with E-state index in [0.29, 0.717) is 26.2 Å². The van der Waals surface area contributed by atoms with Crippen molar-refractivity contribution >= 4 is 44.4 Å². The zero-order valence-electron chi connectivity index (χ0n) is 13.4. The fourth-order valence-electron chi connectivity index (χ4n) is 2.42. The Labute approximate surface area is 156 Å². The van der Waals surface area contributed by atoms with E-state index in [2.05, 4.69) is 26.0 Å². The number of pyridine rings is 1. The minimum Gasteiger partial charge on any atom is -0.461 e. The lowest BCUT2D eigenvalue weighted by Crippen LogP contribution is -2.24. The first-order valence-corrected chi connectivity index (χ1v) is 8.62. The van der Waals surface area contributed by atoms with Crippen molar-refractivity contribution in [2.75, 3.05) is 6.61 Å². The Balaban J connectivity index is 2.39. The fraction of sp³-hybridized carbons (Fsp3) is 0.176. The molecule has 0 spiro atoms. The summed E-state index contributed by atoms with van der Waals surface area (Å²) in [4.78, 5) is 29.0. The van der Waals surface area contributed by atoms with Gasteiger partial charge in [-0.05, 0) is 53.5 Å². The van der Waals surface area contributed by atoms with E-state index in [1.54, 1.807) is 31.2 Å². The Morgan fingerprint density at radius 2 is 2.16 bits per heavy atom. The van der Waals surface area contributed by atoms with Crippen molar-refractivity contribution in [3.05, 3.63) is 61.6 Å². The summed E-state index contributed by atoms with van der Waals surface area (Å²) in [7, 11) is 0. The number of esters is 1. The highest BCUT2D eigenvalue weighted by Gasteiger charge is 2.20. The molecule has 0 atom stereocenters. The fourth-order valence-corrected chi connectivity index (χ4v) is 3.06. The highest BCUT2D eigenvalue weighted by atomic mass is 79.9. The standard InChI is InChI=1S/C17H13BrClN3O3/c1-3-25-17(24)14-15(23)13-11(18)5-4-6-12(13)22(21-14)10-7-9(2)16(19)20-8-10/h4-8H,3H2,1-2H3. The van der Waals surface area contributed by atoms with Crippen molar-refractivity contribution < 1.29 is 9.53 Å². The molecule has 25 heavy (non-hydrogen) atoms. The predicted molar refractivity (Wildman–Crippen MR) is 98.5 cm³/mol. The van der Waals surface area contributed by atoms with E-state index >= 15 is 0 Å². The Bertz CT molecular complexity index is 1050. The van der Waals surface area contributed by atoms with Gasteiger partial charge in [0.1, 0.15) is 5.15 Å². The average molecular weight is 423 g/mol. The number of halogens is 2. The van der Waals surface area contributed by atoms with Crippen LogP contribution < -0.4 is 5.43 Å². The van der Waals surface area contributed by atoms with Gasteiger partial charge in [-0.3, -0.25) is 4.79 Å². The van der Waals surface area contributed by atoms with Gasteiger partial charge >= 0.3 is 5.97 Å². The zero-order valence-corrected chi connectivity index (χ0v) is 15.8. The van der Waals surface area contributed by atoms with Crippen molar-refractivity contribution in [3.8, 4) is 5.69 Å². The number of carbonyl (C=O) groups excluding carboxylic acids is 1. The number of ether oxygens (including phenoxy) is 1. The van der Waals surface area contributed by atoms with Gasteiger partial charge in [0.05, 0.1) is 29.4 Å². The van der Waals surface area contributed by atoms with E-state index in [1.165, 1.54) is 10.9 Å². The molecule has 2 heterocycles. The summed E-state index contributed by atoms with van der Waals surface area (Å²) in [5.74, 6) is -0.766. The minimum absolute atomic E-state index is 0.148. The number of carbonyl (C=O) groups is 1. The summed E-state index contributed by atoms with van der Waals surface area (Å²) < 4.78 is 7.02. The van der Waals surface area contributed by atoms with Gasteiger partial charge in [-0.2, -0.15) is 5.10 Å². The third-order valence-electron chi connectivity index (χ3n) is 3.58. The maximum Gasteiger partial charge on any atom is 0.362 e. The molecule has 0 aliphatic carbocycles. The molecule has 0 aliphatic rings. The van der Waals surface area contributed by atoms with Crippen LogP contribution in [0.1, 0.15) is 23.0 Å². The molecule has 2 aromatic heterocycles. The first kappa shape index (κ1) is 17.6. The second kappa shape index (κ2) is 6.93. The lowest BCUT2D eigenvalue weighted by molar-refractivity contribution is 0.0516. The molecular formula is C17H13BrClN3O3. The summed E-state index contributed by atoms with van der Waals surface area (Å²) >= 11 is 9.36. The van der Waals surface area contributed by atoms with Crippen molar-refractivity contribution in [2.45, 2.75) is 13.8 Å². The summed E-state index contributed by atoms with van der Waals surface area (Å²) in [6, 6.07) is 7.04. The van der Waals surface area contributed by atoms with Crippen LogP contribution in [0.2, 0.25) is 5.15 Å². The summed E-state index contributed by atoms with van der Waals surface area (Å²) in [5, 5.41) is 4.94. The van der Waals surface area contributed by atoms with Crippen LogP contribution in [-0.4, -0.2) is 27.3 Å². The molecule has 0 bridgehead atoms. The molecule has 3 aromatic rings. The Morgan fingerprint density at radius 3 is 2.84 bits per heavy atom. The summed E-state index contributed by atoms with van der Waals surface area (Å²) in [6.07, 6.45) is 1.53. The molecule has 8 heteroatoms. The van der Waals surface area contributed by atoms with E-state index < -0.39 is 11.4 Å². The summed E-state index contributed by atoms with van der Waals surface area (Å²) in [5.41, 5.74) is 1.09. The van der Waals surface area contributed by atoms with Crippen LogP contribution in [-0.2, 0) is 4.74 Å². The van der Waals surface area contributed by atoms with E-state index in [0.717, 1.165) is 5.56 Å². The van der Waals surface area contributed by atoms with Gasteiger partial charge in [-0.15, -0.1) is 0 Å². The number of fused-ring (bicyclic) bond motifs is 1. The molecular weight excluding hydrogens is 410 g/mol. The van der Waals surface area contributed by atoms with Gasteiger partial charge in [0.15, 0.2) is 0 Å². The Morgan fingerprint density at radius 1 is 1.40 bits per heavy atom. The van der Waals surface area contributed by atoms with Crippen LogP contribution in [0.15, 0.2) is 39.7 Å². The van der Waals surface area contributed by atoms with E-state index in [9.17, 15) is 9.59 Å². The SMILES string of the molecule is CCOC(=O)c1nn(-c2cnc(Cl)c(C)c2)c2cccc(Br)c2c1=O. The lowest BCUT2D eigenvalue weighted by Gasteiger charge is -2.13. The predicted octanol–water partition coefficient (Wildman–Crippen LogP) is 3.68. The Hall–Kier alpha value is -2.25. The number of rotatable bonds is 3. The molecule has 0 amide bonds. The highest BCUT2D eigenvalue weighted by molar-refractivity contribution is 9.10. The monoisotopic (exact) mass is 421 g/mol. The second-order valence-corrected chi connectivity index (χ2v) is 6.46. The maximum absolute atomic E-state index is 12.7. The van der Waals surface area contributed by atoms with Crippen LogP contribution in [0, 0.1) is 6.92 Å². The number of benzene rings is 1. The molecule has 0 unspecified atom stereocenters. The first-order chi connectivity index (χ1) is 11.9. The molecule has 6 nitrogen and oxygen atoms in total. The number of hydrogen-bond donors (Lipinski definition) is 0. The van der Waals surface area contributed by atoms with E-state index in [1.807, 2.05) is 6.92 Å². The van der Waals surface area contributed by atoms with Gasteiger partial charge < -0.3 is 4.74 Å². The van der Waals surface area contributed by atoms with Crippen molar-refractivity contribution in [2.24, 2.45) is 0 Å². The topological polar surface area (TPSA) is 74.1 Å². The quantitative estimate of drug-likeness (QED) is 0.475. The molecule has 0 saturated heterocycles. The van der Waals surface area contributed by atoms with Crippen molar-refractivity contribution in [1.82, 2.24) is 14.8 Å². The van der Waals surface area contributed by atoms with Crippen LogP contribution in [0.3, 0.4) is 0 Å². The zero-order chi connectivity index (χ0) is 18.1. The number of nitrogens with zero attached hydrogens (tertiary/aromatic N) is 3. The average Bonchev–Trinajstić information content (AvgIpc) is 2.58. The molecule has 0 radical (unpaired) electrons.